The van der Waals surface area contributed by atoms with Crippen LogP contribution in [-0.4, -0.2) is 60.9 Å². The first-order valence-electron chi connectivity index (χ1n) is 10.0. The predicted molar refractivity (Wildman–Crippen MR) is 123 cm³/mol. The molecule has 4 rings (SSSR count). The number of aliphatic carboxylic acids is 1. The number of hydrogen-bond acceptors (Lipinski definition) is 8. The summed E-state index contributed by atoms with van der Waals surface area (Å²) in [6, 6.07) is 9.44. The van der Waals surface area contributed by atoms with Gasteiger partial charge in [-0.3, -0.25) is 19.3 Å². The second kappa shape index (κ2) is 9.81. The van der Waals surface area contributed by atoms with Crippen molar-refractivity contribution in [2.75, 3.05) is 11.5 Å². The summed E-state index contributed by atoms with van der Waals surface area (Å²) in [6.07, 6.45) is 0.0875. The first-order valence-corrected chi connectivity index (χ1v) is 12.1. The van der Waals surface area contributed by atoms with Crippen LogP contribution in [0.2, 0.25) is 0 Å². The Morgan fingerprint density at radius 2 is 2.00 bits per heavy atom. The monoisotopic (exact) mass is 487 g/mol. The topological polar surface area (TPSA) is 158 Å². The van der Waals surface area contributed by atoms with Crippen LogP contribution in [0.25, 0.3) is 0 Å². The van der Waals surface area contributed by atoms with Crippen LogP contribution < -0.4 is 16.6 Å². The van der Waals surface area contributed by atoms with Crippen LogP contribution in [0.1, 0.15) is 11.1 Å². The van der Waals surface area contributed by atoms with E-state index in [4.69, 9.17) is 5.73 Å². The number of aromatic nitrogens is 2. The highest BCUT2D eigenvalue weighted by atomic mass is 32.2. The fraction of sp³-hybridized carbons (Fsp3) is 0.286. The van der Waals surface area contributed by atoms with E-state index >= 15 is 0 Å². The van der Waals surface area contributed by atoms with Gasteiger partial charge < -0.3 is 16.2 Å². The Hall–Kier alpha value is -3.09. The van der Waals surface area contributed by atoms with E-state index in [1.165, 1.54) is 34.5 Å². The highest BCUT2D eigenvalue weighted by Crippen LogP contribution is 2.41. The van der Waals surface area contributed by atoms with Crippen molar-refractivity contribution in [2.45, 2.75) is 29.4 Å². The minimum absolute atomic E-state index is 0.0559. The predicted octanol–water partition coefficient (Wildman–Crippen LogP) is 0.302. The van der Waals surface area contributed by atoms with E-state index in [9.17, 15) is 24.3 Å². The number of carboxylic acid groups (broad SMARTS) is 1. The number of nitrogens with one attached hydrogen (secondary N) is 2. The lowest BCUT2D eigenvalue weighted by atomic mass is 10.0. The Morgan fingerprint density at radius 1 is 1.24 bits per heavy atom. The molecule has 2 aliphatic rings. The minimum atomic E-state index is -1.19. The van der Waals surface area contributed by atoms with E-state index in [0.717, 1.165) is 11.1 Å². The van der Waals surface area contributed by atoms with Crippen molar-refractivity contribution in [2.24, 2.45) is 5.73 Å². The van der Waals surface area contributed by atoms with E-state index in [0.29, 0.717) is 28.6 Å². The first kappa shape index (κ1) is 23.1. The van der Waals surface area contributed by atoms with Crippen LogP contribution >= 0.6 is 23.5 Å². The van der Waals surface area contributed by atoms with Crippen LogP contribution in [0.4, 0.5) is 0 Å². The Bertz CT molecular complexity index is 1180. The van der Waals surface area contributed by atoms with Crippen LogP contribution in [0.15, 0.2) is 57.5 Å². The molecule has 0 unspecified atom stereocenters. The van der Waals surface area contributed by atoms with Crippen molar-refractivity contribution < 1.29 is 19.5 Å². The molecule has 1 aromatic heterocycles. The third-order valence-electron chi connectivity index (χ3n) is 5.30. The summed E-state index contributed by atoms with van der Waals surface area (Å²) in [4.78, 5) is 49.7. The summed E-state index contributed by atoms with van der Waals surface area (Å²) in [5.41, 5.74) is 7.57. The molecule has 5 N–H and O–H groups in total. The number of hydrogen-bond donors (Lipinski definition) is 4. The zero-order valence-electron chi connectivity index (χ0n) is 17.3. The number of nitrogens with two attached hydrogens (primary N) is 1. The third kappa shape index (κ3) is 4.82. The zero-order valence-corrected chi connectivity index (χ0v) is 18.9. The number of β-lactam (4-membered cyclic amide) rings is 1. The molecule has 0 spiro atoms. The van der Waals surface area contributed by atoms with Crippen LogP contribution in [0.5, 0.6) is 0 Å². The molecule has 2 aromatic rings. The van der Waals surface area contributed by atoms with E-state index in [-0.39, 0.29) is 23.6 Å². The first-order chi connectivity index (χ1) is 15.9. The lowest BCUT2D eigenvalue weighted by Crippen LogP contribution is -2.70. The molecule has 10 nitrogen and oxygen atoms in total. The summed E-state index contributed by atoms with van der Waals surface area (Å²) < 4.78 is 0. The van der Waals surface area contributed by atoms with Crippen molar-refractivity contribution >= 4 is 41.3 Å². The molecular weight excluding hydrogens is 466 g/mol. The number of amides is 2. The maximum Gasteiger partial charge on any atom is 0.352 e. The van der Waals surface area contributed by atoms with Gasteiger partial charge in [-0.25, -0.2) is 9.89 Å². The molecule has 0 aliphatic carbocycles. The fourth-order valence-corrected chi connectivity index (χ4v) is 6.00. The van der Waals surface area contributed by atoms with Gasteiger partial charge in [0, 0.05) is 24.1 Å². The van der Waals surface area contributed by atoms with Gasteiger partial charge in [0.25, 0.3) is 11.5 Å². The number of fused-ring (bicyclic) bond motifs is 1. The maximum atomic E-state index is 12.8. The summed E-state index contributed by atoms with van der Waals surface area (Å²) in [7, 11) is 0. The second-order valence-corrected chi connectivity index (χ2v) is 9.51. The zero-order chi connectivity index (χ0) is 23.5. The molecule has 12 heteroatoms. The van der Waals surface area contributed by atoms with Gasteiger partial charge in [0.15, 0.2) is 0 Å². The van der Waals surface area contributed by atoms with Gasteiger partial charge in [-0.05, 0) is 22.8 Å². The van der Waals surface area contributed by atoms with Gasteiger partial charge in [0.2, 0.25) is 5.91 Å². The Labute approximate surface area is 197 Å². The second-order valence-electron chi connectivity index (χ2n) is 7.41. The summed E-state index contributed by atoms with van der Waals surface area (Å²) in [5.74, 6) is -1.26. The Kier molecular flexibility index (Phi) is 6.86. The van der Waals surface area contributed by atoms with Crippen LogP contribution in [0.3, 0.4) is 0 Å². The highest BCUT2D eigenvalue weighted by Gasteiger charge is 2.54. The average molecular weight is 488 g/mol. The van der Waals surface area contributed by atoms with Gasteiger partial charge >= 0.3 is 5.97 Å². The lowest BCUT2D eigenvalue weighted by molar-refractivity contribution is -0.150. The number of aromatic amines is 1. The number of rotatable bonds is 8. The number of thioether (sulfide) groups is 2. The van der Waals surface area contributed by atoms with Gasteiger partial charge in [0.05, 0.1) is 6.42 Å². The number of benzene rings is 1. The number of carboxylic acids is 1. The number of carbonyl (C=O) groups excluding carboxylic acids is 2. The quantitative estimate of drug-likeness (QED) is 0.303. The largest absolute Gasteiger partial charge is 0.477 e. The molecular formula is C21H21N5O5S2. The Morgan fingerprint density at radius 3 is 2.67 bits per heavy atom. The normalized spacial score (nSPS) is 19.7. The van der Waals surface area contributed by atoms with Crippen molar-refractivity contribution in [3.05, 3.63) is 69.1 Å². The van der Waals surface area contributed by atoms with Crippen molar-refractivity contribution in [1.82, 2.24) is 20.4 Å². The maximum absolute atomic E-state index is 12.8. The molecule has 0 bridgehead atoms. The molecule has 0 radical (unpaired) electrons. The van der Waals surface area contributed by atoms with Crippen LogP contribution in [-0.2, 0) is 27.3 Å². The van der Waals surface area contributed by atoms with Gasteiger partial charge in [-0.15, -0.1) is 23.5 Å². The van der Waals surface area contributed by atoms with Crippen molar-refractivity contribution in [3.63, 3.8) is 0 Å². The summed E-state index contributed by atoms with van der Waals surface area (Å²) in [6.45, 7) is 0.306. The number of carbonyl (C=O) groups is 3. The molecule has 33 heavy (non-hydrogen) atoms. The molecule has 2 aliphatic heterocycles. The summed E-state index contributed by atoms with van der Waals surface area (Å²) in [5, 5.41) is 18.8. The van der Waals surface area contributed by atoms with E-state index in [1.807, 2.05) is 24.3 Å². The standard InChI is InChI=1S/C21H21N5O5S2/c22-8-12-4-2-1-3-11(12)7-15(28)23-17-19(29)26-18(21(30)31)13(10-33-20(17)26)9-32-16-6-5-14(27)24-25-16/h1-6,17,20H,7-10,22H2,(H,23,28)(H,24,27)(H,30,31)/t17-,20-/m1/s1. The van der Waals surface area contributed by atoms with Crippen LogP contribution in [0, 0.1) is 0 Å². The molecule has 2 amide bonds. The highest BCUT2D eigenvalue weighted by molar-refractivity contribution is 8.01. The van der Waals surface area contributed by atoms with Crippen molar-refractivity contribution in [3.8, 4) is 0 Å². The third-order valence-corrected chi connectivity index (χ3v) is 7.66. The molecule has 1 saturated heterocycles. The van der Waals surface area contributed by atoms with Gasteiger partial charge in [-0.2, -0.15) is 5.10 Å². The molecule has 0 saturated carbocycles. The van der Waals surface area contributed by atoms with E-state index in [1.54, 1.807) is 6.07 Å². The molecule has 1 aromatic carbocycles. The SMILES string of the molecule is NCc1ccccc1CC(=O)N[C@@H]1C(=O)N2C(C(=O)O)=C(CSc3ccc(=O)[nH]n3)CS[C@H]12. The minimum Gasteiger partial charge on any atom is -0.477 e. The lowest BCUT2D eigenvalue weighted by Gasteiger charge is -2.49. The summed E-state index contributed by atoms with van der Waals surface area (Å²) >= 11 is 2.67. The molecule has 172 valence electrons. The molecule has 3 heterocycles. The van der Waals surface area contributed by atoms with Gasteiger partial charge in [0.1, 0.15) is 22.1 Å². The van der Waals surface area contributed by atoms with Gasteiger partial charge in [-0.1, -0.05) is 24.3 Å². The average Bonchev–Trinajstić information content (AvgIpc) is 2.81. The number of nitrogens with zero attached hydrogens (tertiary/aromatic N) is 2. The Balaban J connectivity index is 1.43. The fourth-order valence-electron chi connectivity index (χ4n) is 3.69. The van der Waals surface area contributed by atoms with Crippen molar-refractivity contribution in [1.29, 1.82) is 0 Å². The number of H-pyrrole nitrogens is 1. The van der Waals surface area contributed by atoms with E-state index in [2.05, 4.69) is 15.5 Å². The molecule has 2 atom stereocenters. The molecule has 1 fully saturated rings. The smallest absolute Gasteiger partial charge is 0.352 e. The van der Waals surface area contributed by atoms with E-state index < -0.39 is 23.3 Å².